The molecule has 2 aromatic rings. The Morgan fingerprint density at radius 3 is 2.74 bits per heavy atom. The molecule has 0 bridgehead atoms. The van der Waals surface area contributed by atoms with E-state index in [1.165, 1.54) is 12.8 Å². The number of hydrogen-bond donors (Lipinski definition) is 4. The molecule has 1 aliphatic heterocycles. The van der Waals surface area contributed by atoms with Crippen molar-refractivity contribution in [2.24, 2.45) is 22.4 Å². The van der Waals surface area contributed by atoms with Gasteiger partial charge in [-0.2, -0.15) is 5.10 Å². The van der Waals surface area contributed by atoms with Crippen LogP contribution in [0.15, 0.2) is 29.4 Å². The average molecular weight is 467 g/mol. The van der Waals surface area contributed by atoms with Crippen LogP contribution < -0.4 is 10.3 Å². The van der Waals surface area contributed by atoms with E-state index in [0.717, 1.165) is 40.8 Å². The number of carbonyl (C=O) groups is 1. The summed E-state index contributed by atoms with van der Waals surface area (Å²) in [5, 5.41) is 25.3. The molecule has 2 saturated carbocycles. The van der Waals surface area contributed by atoms with Gasteiger partial charge in [-0.3, -0.25) is 4.79 Å². The first-order valence-electron chi connectivity index (χ1n) is 13.0. The quantitative estimate of drug-likeness (QED) is 0.518. The maximum absolute atomic E-state index is 13.3. The van der Waals surface area contributed by atoms with Crippen molar-refractivity contribution in [1.29, 1.82) is 0 Å². The molecule has 3 atom stereocenters. The van der Waals surface area contributed by atoms with Crippen LogP contribution in [-0.2, 0) is 4.79 Å². The second-order valence-electron chi connectivity index (χ2n) is 10.9. The van der Waals surface area contributed by atoms with Gasteiger partial charge in [-0.05, 0) is 68.6 Å². The largest absolute Gasteiger partial charge is 0.395 e. The summed E-state index contributed by atoms with van der Waals surface area (Å²) in [4.78, 5) is 18.5. The maximum Gasteiger partial charge on any atom is 0.230 e. The molecule has 4 N–H and O–H groups in total. The fourth-order valence-electron chi connectivity index (χ4n) is 6.19. The minimum absolute atomic E-state index is 0.0421. The second-order valence-corrected chi connectivity index (χ2v) is 10.9. The molecule has 7 heteroatoms. The van der Waals surface area contributed by atoms with E-state index in [2.05, 4.69) is 30.3 Å². The molecule has 2 fully saturated rings. The molecule has 1 aromatic heterocycles. The van der Waals surface area contributed by atoms with Crippen LogP contribution in [0.1, 0.15) is 70.9 Å². The number of fused-ring (bicyclic) bond motifs is 2. The standard InChI is InChI=1S/C27H38N4O3/c1-3-27(2)11-10-21-24(16-27)29-30-25(21)23-14-18-4-7-19(15-22(18)28-23)31(12-13-32)26(34)17-5-8-20(33)9-6-17/h4,7,14-15,17,20-21,24,28-29,32-33H,3,5-6,8-13,16H2,1-2H3. The molecule has 2 heterocycles. The Morgan fingerprint density at radius 2 is 2.00 bits per heavy atom. The smallest absolute Gasteiger partial charge is 0.230 e. The van der Waals surface area contributed by atoms with Gasteiger partial charge in [0, 0.05) is 35.0 Å². The van der Waals surface area contributed by atoms with E-state index in [4.69, 9.17) is 5.10 Å². The maximum atomic E-state index is 13.3. The molecule has 3 aliphatic rings. The lowest BCUT2D eigenvalue weighted by atomic mass is 9.67. The van der Waals surface area contributed by atoms with Crippen LogP contribution in [-0.4, -0.2) is 52.1 Å². The van der Waals surface area contributed by atoms with Crippen LogP contribution >= 0.6 is 0 Å². The number of aromatic amines is 1. The van der Waals surface area contributed by atoms with Crippen LogP contribution in [0, 0.1) is 17.3 Å². The van der Waals surface area contributed by atoms with Crippen LogP contribution in [0.25, 0.3) is 10.9 Å². The number of aliphatic hydroxyl groups is 2. The SMILES string of the molecule is CCC1(C)CCC2C(c3cc4ccc(N(CCO)C(=O)C5CCC(O)CC5)cc4[nH]3)=NNC2C1. The lowest BCUT2D eigenvalue weighted by molar-refractivity contribution is -0.124. The van der Waals surface area contributed by atoms with Crippen molar-refractivity contribution in [1.82, 2.24) is 10.4 Å². The van der Waals surface area contributed by atoms with Gasteiger partial charge in [0.15, 0.2) is 0 Å². The number of nitrogens with one attached hydrogen (secondary N) is 2. The third-order valence-electron chi connectivity index (χ3n) is 8.64. The molecule has 184 valence electrons. The number of anilines is 1. The zero-order chi connectivity index (χ0) is 23.9. The Hall–Kier alpha value is -2.38. The Labute approximate surface area is 201 Å². The monoisotopic (exact) mass is 466 g/mol. The number of amides is 1. The molecule has 5 rings (SSSR count). The number of carbonyl (C=O) groups excluding carboxylic acids is 1. The van der Waals surface area contributed by atoms with Crippen LogP contribution in [0.3, 0.4) is 0 Å². The summed E-state index contributed by atoms with van der Waals surface area (Å²) in [6.07, 6.45) is 7.16. The lowest BCUT2D eigenvalue weighted by Crippen LogP contribution is -2.40. The zero-order valence-electron chi connectivity index (χ0n) is 20.4. The van der Waals surface area contributed by atoms with E-state index >= 15 is 0 Å². The third-order valence-corrected chi connectivity index (χ3v) is 8.64. The molecule has 1 amide bonds. The molecule has 0 saturated heterocycles. The van der Waals surface area contributed by atoms with Gasteiger partial charge in [-0.15, -0.1) is 0 Å². The molecule has 0 radical (unpaired) electrons. The Bertz CT molecular complexity index is 1070. The number of hydrazone groups is 1. The van der Waals surface area contributed by atoms with Gasteiger partial charge >= 0.3 is 0 Å². The molecule has 7 nitrogen and oxygen atoms in total. The van der Waals surface area contributed by atoms with Crippen LogP contribution in [0.4, 0.5) is 5.69 Å². The lowest BCUT2D eigenvalue weighted by Gasteiger charge is -2.39. The summed E-state index contributed by atoms with van der Waals surface area (Å²) >= 11 is 0. The van der Waals surface area contributed by atoms with Gasteiger partial charge < -0.3 is 25.5 Å². The highest BCUT2D eigenvalue weighted by Gasteiger charge is 2.42. The highest BCUT2D eigenvalue weighted by molar-refractivity contribution is 6.06. The predicted octanol–water partition coefficient (Wildman–Crippen LogP) is 3.94. The highest BCUT2D eigenvalue weighted by atomic mass is 16.3. The topological polar surface area (TPSA) is 101 Å². The van der Waals surface area contributed by atoms with Crippen molar-refractivity contribution >= 4 is 28.2 Å². The molecule has 3 unspecified atom stereocenters. The Balaban J connectivity index is 1.37. The third kappa shape index (κ3) is 4.36. The number of aliphatic hydroxyl groups excluding tert-OH is 2. The number of aromatic nitrogens is 1. The first kappa shape index (κ1) is 23.4. The normalized spacial score (nSPS) is 31.1. The molecule has 1 aromatic carbocycles. The van der Waals surface area contributed by atoms with Crippen LogP contribution in [0.5, 0.6) is 0 Å². The Kier molecular flexibility index (Phi) is 6.42. The van der Waals surface area contributed by atoms with Gasteiger partial charge in [0.2, 0.25) is 5.91 Å². The van der Waals surface area contributed by atoms with E-state index in [0.29, 0.717) is 43.1 Å². The second kappa shape index (κ2) is 9.34. The summed E-state index contributed by atoms with van der Waals surface area (Å²) in [5.74, 6) is 0.377. The number of benzene rings is 1. The fraction of sp³-hybridized carbons (Fsp3) is 0.630. The number of rotatable bonds is 6. The fourth-order valence-corrected chi connectivity index (χ4v) is 6.19. The van der Waals surface area contributed by atoms with Gasteiger partial charge in [0.05, 0.1) is 30.2 Å². The van der Waals surface area contributed by atoms with Crippen LogP contribution in [0.2, 0.25) is 0 Å². The van der Waals surface area contributed by atoms with Crippen molar-refractivity contribution < 1.29 is 15.0 Å². The number of nitrogens with zero attached hydrogens (tertiary/aromatic N) is 2. The minimum atomic E-state index is -0.295. The van der Waals surface area contributed by atoms with Crippen molar-refractivity contribution in [3.05, 3.63) is 30.0 Å². The molecule has 2 aliphatic carbocycles. The molecule has 0 spiro atoms. The minimum Gasteiger partial charge on any atom is -0.395 e. The van der Waals surface area contributed by atoms with Crippen molar-refractivity contribution in [3.8, 4) is 0 Å². The summed E-state index contributed by atoms with van der Waals surface area (Å²) in [6, 6.07) is 8.59. The summed E-state index contributed by atoms with van der Waals surface area (Å²) in [6.45, 7) is 4.86. The van der Waals surface area contributed by atoms with Crippen molar-refractivity contribution in [2.45, 2.75) is 77.4 Å². The first-order valence-corrected chi connectivity index (χ1v) is 13.0. The summed E-state index contributed by atoms with van der Waals surface area (Å²) in [7, 11) is 0. The Morgan fingerprint density at radius 1 is 1.21 bits per heavy atom. The predicted molar refractivity (Wildman–Crippen MR) is 135 cm³/mol. The average Bonchev–Trinajstić information content (AvgIpc) is 3.45. The molecular weight excluding hydrogens is 428 g/mol. The highest BCUT2D eigenvalue weighted by Crippen LogP contribution is 2.44. The summed E-state index contributed by atoms with van der Waals surface area (Å²) in [5.41, 5.74) is 7.75. The zero-order valence-corrected chi connectivity index (χ0v) is 20.4. The van der Waals surface area contributed by atoms with Gasteiger partial charge in [-0.1, -0.05) is 26.3 Å². The summed E-state index contributed by atoms with van der Waals surface area (Å²) < 4.78 is 0. The van der Waals surface area contributed by atoms with E-state index in [1.54, 1.807) is 4.90 Å². The van der Waals surface area contributed by atoms with Gasteiger partial charge in [0.1, 0.15) is 0 Å². The van der Waals surface area contributed by atoms with Crippen molar-refractivity contribution in [2.75, 3.05) is 18.1 Å². The van der Waals surface area contributed by atoms with Crippen molar-refractivity contribution in [3.63, 3.8) is 0 Å². The first-order chi connectivity index (χ1) is 16.4. The van der Waals surface area contributed by atoms with Gasteiger partial charge in [0.25, 0.3) is 0 Å². The van der Waals surface area contributed by atoms with E-state index in [-0.39, 0.29) is 31.1 Å². The van der Waals surface area contributed by atoms with E-state index < -0.39 is 0 Å². The number of H-pyrrole nitrogens is 1. The van der Waals surface area contributed by atoms with E-state index in [9.17, 15) is 15.0 Å². The number of hydrogen-bond acceptors (Lipinski definition) is 5. The molecular formula is C27H38N4O3. The van der Waals surface area contributed by atoms with E-state index in [1.807, 2.05) is 18.2 Å². The molecule has 34 heavy (non-hydrogen) atoms. The van der Waals surface area contributed by atoms with Gasteiger partial charge in [-0.25, -0.2) is 0 Å².